The van der Waals surface area contributed by atoms with Gasteiger partial charge < -0.3 is 0 Å². The first-order valence-electron chi connectivity index (χ1n) is 5.36. The van der Waals surface area contributed by atoms with Crippen LogP contribution in [0.3, 0.4) is 0 Å². The molecule has 0 atom stereocenters. The van der Waals surface area contributed by atoms with Crippen molar-refractivity contribution in [1.82, 2.24) is 4.98 Å². The van der Waals surface area contributed by atoms with Crippen molar-refractivity contribution in [3.63, 3.8) is 0 Å². The summed E-state index contributed by atoms with van der Waals surface area (Å²) in [5, 5.41) is 0. The minimum Gasteiger partial charge on any atom is -0.295 e. The molecule has 0 fully saturated rings. The quantitative estimate of drug-likeness (QED) is 0.757. The van der Waals surface area contributed by atoms with Crippen molar-refractivity contribution in [2.45, 2.75) is 13.3 Å². The van der Waals surface area contributed by atoms with Crippen LogP contribution in [0.5, 0.6) is 0 Å². The van der Waals surface area contributed by atoms with Crippen LogP contribution >= 0.6 is 0 Å². The molecule has 0 amide bonds. The van der Waals surface area contributed by atoms with E-state index in [9.17, 15) is 9.18 Å². The van der Waals surface area contributed by atoms with E-state index in [1.807, 2.05) is 18.2 Å². The molecule has 2 rings (SSSR count). The zero-order valence-corrected chi connectivity index (χ0v) is 9.48. The second-order valence-corrected chi connectivity index (χ2v) is 3.86. The molecule has 0 bridgehead atoms. The zero-order valence-electron chi connectivity index (χ0n) is 9.48. The number of ketones is 1. The highest BCUT2D eigenvalue weighted by atomic mass is 19.1. The molecule has 0 aliphatic carbocycles. The van der Waals surface area contributed by atoms with Crippen LogP contribution in [0.2, 0.25) is 0 Å². The van der Waals surface area contributed by atoms with Crippen LogP contribution in [0, 0.1) is 5.82 Å². The largest absolute Gasteiger partial charge is 0.295 e. The van der Waals surface area contributed by atoms with E-state index in [4.69, 9.17) is 0 Å². The summed E-state index contributed by atoms with van der Waals surface area (Å²) < 4.78 is 13.6. The molecular formula is C14H12FNO. The number of Topliss-reactive ketones (excluding diaryl/α,β-unsaturated/α-hetero) is 1. The molecule has 0 unspecified atom stereocenters. The minimum absolute atomic E-state index is 0.0627. The third-order valence-electron chi connectivity index (χ3n) is 2.55. The molecular weight excluding hydrogens is 217 g/mol. The van der Waals surface area contributed by atoms with E-state index in [0.717, 1.165) is 5.69 Å². The summed E-state index contributed by atoms with van der Waals surface area (Å²) in [5.74, 6) is -0.368. The maximum Gasteiger partial charge on any atom is 0.159 e. The average molecular weight is 229 g/mol. The van der Waals surface area contributed by atoms with Crippen LogP contribution < -0.4 is 0 Å². The number of aromatic nitrogens is 1. The Kier molecular flexibility index (Phi) is 3.28. The summed E-state index contributed by atoms with van der Waals surface area (Å²) >= 11 is 0. The molecule has 1 heterocycles. The summed E-state index contributed by atoms with van der Waals surface area (Å²) in [6, 6.07) is 9.92. The molecule has 0 spiro atoms. The fourth-order valence-electron chi connectivity index (χ4n) is 1.63. The monoisotopic (exact) mass is 229 g/mol. The van der Waals surface area contributed by atoms with Gasteiger partial charge in [-0.05, 0) is 42.8 Å². The van der Waals surface area contributed by atoms with Crippen molar-refractivity contribution in [1.29, 1.82) is 0 Å². The highest BCUT2D eigenvalue weighted by molar-refractivity contribution is 5.94. The highest BCUT2D eigenvalue weighted by Gasteiger charge is 2.07. The Labute approximate surface area is 99.1 Å². The van der Waals surface area contributed by atoms with Gasteiger partial charge >= 0.3 is 0 Å². The SMILES string of the molecule is CC(=O)c1ccc(F)c(Cc2ccccn2)c1. The number of halogens is 1. The first kappa shape index (κ1) is 11.5. The molecule has 17 heavy (non-hydrogen) atoms. The zero-order chi connectivity index (χ0) is 12.3. The number of hydrogen-bond donors (Lipinski definition) is 0. The molecule has 0 N–H and O–H groups in total. The summed E-state index contributed by atoms with van der Waals surface area (Å²) in [6.45, 7) is 1.47. The van der Waals surface area contributed by atoms with Crippen LogP contribution in [0.4, 0.5) is 4.39 Å². The van der Waals surface area contributed by atoms with Gasteiger partial charge in [-0.15, -0.1) is 0 Å². The molecule has 0 aliphatic heterocycles. The Hall–Kier alpha value is -2.03. The Balaban J connectivity index is 2.32. The predicted octanol–water partition coefficient (Wildman–Crippen LogP) is 3.01. The van der Waals surface area contributed by atoms with E-state index in [0.29, 0.717) is 17.5 Å². The van der Waals surface area contributed by atoms with Gasteiger partial charge in [0.25, 0.3) is 0 Å². The van der Waals surface area contributed by atoms with E-state index in [-0.39, 0.29) is 11.6 Å². The van der Waals surface area contributed by atoms with E-state index < -0.39 is 0 Å². The minimum atomic E-state index is -0.305. The lowest BCUT2D eigenvalue weighted by molar-refractivity contribution is 0.101. The van der Waals surface area contributed by atoms with Crippen molar-refractivity contribution in [3.8, 4) is 0 Å². The lowest BCUT2D eigenvalue weighted by Crippen LogP contribution is -1.99. The third kappa shape index (κ3) is 2.75. The standard InChI is InChI=1S/C14H12FNO/c1-10(17)11-5-6-14(15)12(8-11)9-13-4-2-3-7-16-13/h2-8H,9H2,1H3. The fourth-order valence-corrected chi connectivity index (χ4v) is 1.63. The van der Waals surface area contributed by atoms with Gasteiger partial charge in [-0.3, -0.25) is 9.78 Å². The molecule has 1 aromatic heterocycles. The van der Waals surface area contributed by atoms with Crippen molar-refractivity contribution in [3.05, 3.63) is 65.2 Å². The van der Waals surface area contributed by atoms with Crippen molar-refractivity contribution >= 4 is 5.78 Å². The lowest BCUT2D eigenvalue weighted by atomic mass is 10.0. The van der Waals surface area contributed by atoms with Gasteiger partial charge in [0.2, 0.25) is 0 Å². The van der Waals surface area contributed by atoms with Crippen LogP contribution in [-0.2, 0) is 6.42 Å². The molecule has 0 radical (unpaired) electrons. The van der Waals surface area contributed by atoms with Gasteiger partial charge in [0, 0.05) is 23.9 Å². The highest BCUT2D eigenvalue weighted by Crippen LogP contribution is 2.14. The van der Waals surface area contributed by atoms with Gasteiger partial charge in [-0.1, -0.05) is 6.07 Å². The van der Waals surface area contributed by atoms with Gasteiger partial charge in [-0.2, -0.15) is 0 Å². The van der Waals surface area contributed by atoms with E-state index >= 15 is 0 Å². The second kappa shape index (κ2) is 4.87. The van der Waals surface area contributed by atoms with E-state index in [1.165, 1.54) is 19.1 Å². The number of carbonyl (C=O) groups is 1. The van der Waals surface area contributed by atoms with Gasteiger partial charge in [0.1, 0.15) is 5.82 Å². The molecule has 86 valence electrons. The number of hydrogen-bond acceptors (Lipinski definition) is 2. The number of carbonyl (C=O) groups excluding carboxylic acids is 1. The first-order valence-corrected chi connectivity index (χ1v) is 5.36. The summed E-state index contributed by atoms with van der Waals surface area (Å²) in [4.78, 5) is 15.4. The average Bonchev–Trinajstić information content (AvgIpc) is 2.33. The molecule has 0 saturated carbocycles. The summed E-state index contributed by atoms with van der Waals surface area (Å²) in [7, 11) is 0. The topological polar surface area (TPSA) is 30.0 Å². The number of nitrogens with zero attached hydrogens (tertiary/aromatic N) is 1. The molecule has 0 aliphatic rings. The van der Waals surface area contributed by atoms with E-state index in [2.05, 4.69) is 4.98 Å². The van der Waals surface area contributed by atoms with Crippen molar-refractivity contribution in [2.75, 3.05) is 0 Å². The maximum absolute atomic E-state index is 13.6. The van der Waals surface area contributed by atoms with Gasteiger partial charge in [-0.25, -0.2) is 4.39 Å². The normalized spacial score (nSPS) is 10.2. The second-order valence-electron chi connectivity index (χ2n) is 3.86. The Morgan fingerprint density at radius 1 is 1.29 bits per heavy atom. The molecule has 2 aromatic rings. The van der Waals surface area contributed by atoms with Crippen molar-refractivity contribution in [2.24, 2.45) is 0 Å². The van der Waals surface area contributed by atoms with Crippen LogP contribution in [0.1, 0.15) is 28.5 Å². The number of pyridine rings is 1. The Morgan fingerprint density at radius 2 is 2.12 bits per heavy atom. The summed E-state index contributed by atoms with van der Waals surface area (Å²) in [6.07, 6.45) is 2.07. The number of benzene rings is 1. The lowest BCUT2D eigenvalue weighted by Gasteiger charge is -2.04. The molecule has 3 heteroatoms. The van der Waals surface area contributed by atoms with Crippen LogP contribution in [0.25, 0.3) is 0 Å². The predicted molar refractivity (Wildman–Crippen MR) is 63.4 cm³/mol. The first-order chi connectivity index (χ1) is 8.16. The molecule has 0 saturated heterocycles. The molecule has 2 nitrogen and oxygen atoms in total. The Morgan fingerprint density at radius 3 is 2.76 bits per heavy atom. The van der Waals surface area contributed by atoms with Gasteiger partial charge in [0.05, 0.1) is 0 Å². The van der Waals surface area contributed by atoms with Gasteiger partial charge in [0.15, 0.2) is 5.78 Å². The third-order valence-corrected chi connectivity index (χ3v) is 2.55. The van der Waals surface area contributed by atoms with Crippen molar-refractivity contribution < 1.29 is 9.18 Å². The molecule has 1 aromatic carbocycles. The van der Waals surface area contributed by atoms with Crippen LogP contribution in [-0.4, -0.2) is 10.8 Å². The summed E-state index contributed by atoms with van der Waals surface area (Å²) in [5.41, 5.74) is 1.81. The number of rotatable bonds is 3. The Bertz CT molecular complexity index is 537. The smallest absolute Gasteiger partial charge is 0.159 e. The fraction of sp³-hybridized carbons (Fsp3) is 0.143. The maximum atomic E-state index is 13.6. The van der Waals surface area contributed by atoms with Crippen LogP contribution in [0.15, 0.2) is 42.6 Å². The van der Waals surface area contributed by atoms with E-state index in [1.54, 1.807) is 12.3 Å².